The lowest BCUT2D eigenvalue weighted by atomic mass is 10.2. The van der Waals surface area contributed by atoms with Crippen LogP contribution in [0.25, 0.3) is 16.6 Å². The first-order valence-corrected chi connectivity index (χ1v) is 25.7. The van der Waals surface area contributed by atoms with Crippen LogP contribution in [0.15, 0.2) is 146 Å². The molecule has 9 aromatic rings. The summed E-state index contributed by atoms with van der Waals surface area (Å²) in [7, 11) is 0. The summed E-state index contributed by atoms with van der Waals surface area (Å²) >= 11 is 3.39. The van der Waals surface area contributed by atoms with Gasteiger partial charge >= 0.3 is 0 Å². The van der Waals surface area contributed by atoms with E-state index in [4.69, 9.17) is 0 Å². The van der Waals surface area contributed by atoms with Crippen LogP contribution in [0.1, 0.15) is 86.7 Å². The zero-order valence-corrected chi connectivity index (χ0v) is 43.3. The number of nitrogens with zero attached hydrogens (tertiary/aromatic N) is 13. The van der Waals surface area contributed by atoms with E-state index in [2.05, 4.69) is 91.9 Å². The number of hydrogen-bond acceptors (Lipinski definition) is 15. The van der Waals surface area contributed by atoms with Gasteiger partial charge in [-0.1, -0.05) is 15.9 Å². The van der Waals surface area contributed by atoms with Gasteiger partial charge in [-0.2, -0.15) is 0 Å². The molecule has 1 aromatic carbocycles. The van der Waals surface area contributed by atoms with E-state index in [9.17, 15) is 24.3 Å². The maximum Gasteiger partial charge on any atom is 0.289 e. The molecule has 3 saturated heterocycles. The fourth-order valence-corrected chi connectivity index (χ4v) is 9.74. The summed E-state index contributed by atoms with van der Waals surface area (Å²) in [5, 5.41) is 18.6. The molecule has 3 aliphatic heterocycles. The highest BCUT2D eigenvalue weighted by molar-refractivity contribution is 9.10. The number of aromatic nitrogens is 10. The molecule has 76 heavy (non-hydrogen) atoms. The highest BCUT2D eigenvalue weighted by Gasteiger charge is 2.30. The predicted octanol–water partition coefficient (Wildman–Crippen LogP) is 5.63. The third-order valence-electron chi connectivity index (χ3n) is 13.5. The van der Waals surface area contributed by atoms with Gasteiger partial charge in [0.05, 0.1) is 28.2 Å². The van der Waals surface area contributed by atoms with Crippen LogP contribution >= 0.6 is 15.9 Å². The molecule has 1 unspecified atom stereocenters. The van der Waals surface area contributed by atoms with E-state index >= 15 is 0 Å². The van der Waals surface area contributed by atoms with Gasteiger partial charge in [0.15, 0.2) is 23.2 Å². The van der Waals surface area contributed by atoms with Gasteiger partial charge in [0.25, 0.3) is 17.7 Å². The topological polar surface area (TPSA) is 238 Å². The summed E-state index contributed by atoms with van der Waals surface area (Å²) in [6, 6.07) is 19.7. The fourth-order valence-electron chi connectivity index (χ4n) is 9.48. The van der Waals surface area contributed by atoms with Crippen LogP contribution in [0.5, 0.6) is 0 Å². The van der Waals surface area contributed by atoms with Gasteiger partial charge < -0.3 is 49.0 Å². The number of Topliss-reactive ketones (excluding diaryl/α,β-unsaturated/α-hetero) is 1. The number of hydrogen-bond donors (Lipinski definition) is 4. The number of fused-ring (bicyclic) bond motifs is 3. The van der Waals surface area contributed by atoms with Crippen molar-refractivity contribution in [1.82, 2.24) is 64.0 Å². The summed E-state index contributed by atoms with van der Waals surface area (Å²) in [5.74, 6) is 2.20. The van der Waals surface area contributed by atoms with E-state index in [0.717, 1.165) is 83.9 Å². The van der Waals surface area contributed by atoms with Gasteiger partial charge in [-0.25, -0.2) is 34.9 Å². The van der Waals surface area contributed by atoms with Gasteiger partial charge in [-0.3, -0.25) is 19.2 Å². The third kappa shape index (κ3) is 11.7. The van der Waals surface area contributed by atoms with Crippen molar-refractivity contribution in [1.29, 1.82) is 0 Å². The second-order valence-electron chi connectivity index (χ2n) is 18.7. The Bertz CT molecular complexity index is 3490. The molecular weight excluding hydrogens is 1030 g/mol. The molecule has 4 atom stereocenters. The average molecular weight is 1090 g/mol. The summed E-state index contributed by atoms with van der Waals surface area (Å²) in [6.45, 7) is 7.74. The molecule has 8 aromatic heterocycles. The summed E-state index contributed by atoms with van der Waals surface area (Å²) < 4.78 is 7.10. The van der Waals surface area contributed by atoms with Crippen molar-refractivity contribution in [2.45, 2.75) is 57.3 Å². The molecule has 11 heterocycles. The van der Waals surface area contributed by atoms with Crippen LogP contribution in [0.2, 0.25) is 0 Å². The van der Waals surface area contributed by atoms with Crippen LogP contribution < -0.4 is 30.7 Å². The minimum Gasteiger partial charge on any atom is -0.389 e. The Balaban J connectivity index is 0.000000130. The second-order valence-corrected chi connectivity index (χ2v) is 19.7. The molecule has 0 radical (unpaired) electrons. The number of amides is 3. The normalized spacial score (nSPS) is 17.5. The molecule has 0 bridgehead atoms. The van der Waals surface area contributed by atoms with Crippen LogP contribution in [-0.2, 0) is 0 Å². The maximum atomic E-state index is 12.4. The number of carbonyl (C=O) groups is 4. The van der Waals surface area contributed by atoms with Crippen LogP contribution in [0.3, 0.4) is 0 Å². The molecule has 4 N–H and O–H groups in total. The molecule has 12 rings (SSSR count). The number of aliphatic hydroxyl groups excluding tert-OH is 1. The zero-order valence-electron chi connectivity index (χ0n) is 41.7. The van der Waals surface area contributed by atoms with Crippen molar-refractivity contribution in [3.63, 3.8) is 0 Å². The lowest BCUT2D eigenvalue weighted by Gasteiger charge is -2.19. The van der Waals surface area contributed by atoms with Crippen LogP contribution in [0, 0.1) is 0 Å². The lowest BCUT2D eigenvalue weighted by molar-refractivity contribution is 0.0921. The van der Waals surface area contributed by atoms with E-state index in [0.29, 0.717) is 29.8 Å². The largest absolute Gasteiger partial charge is 0.389 e. The highest BCUT2D eigenvalue weighted by atomic mass is 79.9. The molecule has 22 heteroatoms. The predicted molar refractivity (Wildman–Crippen MR) is 289 cm³/mol. The molecule has 21 nitrogen and oxygen atoms in total. The molecule has 0 aliphatic carbocycles. The number of nitrogens with one attached hydrogen (secondary N) is 3. The summed E-state index contributed by atoms with van der Waals surface area (Å²) in [5.41, 5.74) is 4.85. The molecule has 3 fully saturated rings. The number of anilines is 3. The Labute approximate surface area is 445 Å². The number of benzene rings is 1. The van der Waals surface area contributed by atoms with E-state index in [1.807, 2.05) is 107 Å². The smallest absolute Gasteiger partial charge is 0.289 e. The van der Waals surface area contributed by atoms with Gasteiger partial charge in [0, 0.05) is 154 Å². The zero-order chi connectivity index (χ0) is 52.7. The Morgan fingerprint density at radius 1 is 0.526 bits per heavy atom. The molecule has 388 valence electrons. The van der Waals surface area contributed by atoms with Crippen molar-refractivity contribution in [3.8, 4) is 0 Å². The molecule has 3 aliphatic rings. The van der Waals surface area contributed by atoms with Gasteiger partial charge in [0.1, 0.15) is 0 Å². The van der Waals surface area contributed by atoms with Crippen molar-refractivity contribution in [3.05, 3.63) is 174 Å². The Kier molecular flexibility index (Phi) is 15.3. The van der Waals surface area contributed by atoms with Crippen LogP contribution in [-0.4, -0.2) is 134 Å². The van der Waals surface area contributed by atoms with Crippen LogP contribution in [0.4, 0.5) is 17.5 Å². The monoisotopic (exact) mass is 1090 g/mol. The first kappa shape index (κ1) is 50.9. The first-order valence-electron chi connectivity index (χ1n) is 24.9. The Hall–Kier alpha value is -8.63. The van der Waals surface area contributed by atoms with E-state index < -0.39 is 6.10 Å². The van der Waals surface area contributed by atoms with E-state index in [-0.39, 0.29) is 53.3 Å². The second kappa shape index (κ2) is 22.9. The number of halogens is 1. The van der Waals surface area contributed by atoms with Gasteiger partial charge in [0.2, 0.25) is 11.6 Å². The van der Waals surface area contributed by atoms with E-state index in [1.165, 1.54) is 31.7 Å². The Morgan fingerprint density at radius 2 is 0.908 bits per heavy atom. The maximum absolute atomic E-state index is 12.4. The van der Waals surface area contributed by atoms with Gasteiger partial charge in [-0.15, -0.1) is 0 Å². The SMILES string of the molecule is CC(=O)c1cnc(C(=O)N[C@H]2CCN(c3nccn4cccc34)C2)nc1.CC(O)c1cnc(C(=O)N[C@H]2CCN(c3nccn4cccc34)C2)nc1.O=C(N[C@H]1CCN(c2nccn3cccc23)C1)c1ccc(Br)cc1. The number of ketones is 1. The van der Waals surface area contributed by atoms with Crippen molar-refractivity contribution in [2.75, 3.05) is 54.0 Å². The molecular formula is C54H55BrN16O5. The number of carbonyl (C=O) groups excluding carboxylic acids is 4. The molecule has 3 amide bonds. The Morgan fingerprint density at radius 3 is 1.29 bits per heavy atom. The summed E-state index contributed by atoms with van der Waals surface area (Å²) in [6.07, 6.45) is 24.8. The highest BCUT2D eigenvalue weighted by Crippen LogP contribution is 2.26. The average Bonchev–Trinajstić information content (AvgIpc) is 4.31. The van der Waals surface area contributed by atoms with Crippen molar-refractivity contribution in [2.24, 2.45) is 0 Å². The molecule has 0 spiro atoms. The van der Waals surface area contributed by atoms with Gasteiger partial charge in [-0.05, 0) is 93.8 Å². The first-order chi connectivity index (χ1) is 36.9. The third-order valence-corrected chi connectivity index (χ3v) is 14.0. The number of aliphatic hydroxyl groups is 1. The minimum atomic E-state index is -0.653. The van der Waals surface area contributed by atoms with Crippen molar-refractivity contribution < 1.29 is 24.3 Å². The quantitative estimate of drug-likeness (QED) is 0.115. The minimum absolute atomic E-state index is 0.00407. The standard InChI is InChI=1S/C18H17BrN4O.C18H20N6O2.C18H18N6O2/c19-14-5-3-13(4-6-14)18(24)21-15-7-10-23(12-15)17-16-2-1-9-22(16)11-8-20-17;2*1-12(25)13-9-20-16(21-10-13)18(26)22-14-4-7-24(11-14)17-15-3-2-6-23(15)8-5-19-17/h1-6,8-9,11,15H,7,10,12H2,(H,21,24);2-3,5-6,8-10,12,14,25H,4,7,11H2,1H3,(H,22,26);2-3,5-6,8-10,14H,4,7,11H2,1H3,(H,22,26)/t15-;12?,14-;14-/m000/s1. The summed E-state index contributed by atoms with van der Waals surface area (Å²) in [4.78, 5) is 84.5. The fraction of sp³-hybridized carbons (Fsp3) is 0.278. The molecule has 0 saturated carbocycles. The lowest BCUT2D eigenvalue weighted by Crippen LogP contribution is -2.38. The number of rotatable bonds is 11. The van der Waals surface area contributed by atoms with E-state index in [1.54, 1.807) is 19.3 Å². The van der Waals surface area contributed by atoms with Crippen molar-refractivity contribution >= 4 is 73.4 Å².